The van der Waals surface area contributed by atoms with E-state index >= 15 is 0 Å². The molecular formula is C20H22N6OS. The van der Waals surface area contributed by atoms with Gasteiger partial charge in [0.2, 0.25) is 0 Å². The number of H-pyrrole nitrogens is 1. The highest BCUT2D eigenvalue weighted by Gasteiger charge is 2.20. The normalized spacial score (nSPS) is 15.0. The van der Waals surface area contributed by atoms with Gasteiger partial charge in [0.1, 0.15) is 11.8 Å². The Balaban J connectivity index is 1.26. The Labute approximate surface area is 167 Å². The zero-order chi connectivity index (χ0) is 19.5. The van der Waals surface area contributed by atoms with Crippen molar-refractivity contribution < 1.29 is 4.79 Å². The highest BCUT2D eigenvalue weighted by atomic mass is 32.1. The number of aryl methyl sites for hydroxylation is 1. The van der Waals surface area contributed by atoms with Crippen LogP contribution in [0, 0.1) is 11.3 Å². The van der Waals surface area contributed by atoms with Gasteiger partial charge in [0.15, 0.2) is 5.13 Å². The molecule has 3 N–H and O–H groups in total. The number of amides is 1. The summed E-state index contributed by atoms with van der Waals surface area (Å²) in [7, 11) is 0. The van der Waals surface area contributed by atoms with Crippen molar-refractivity contribution >= 4 is 33.3 Å². The lowest BCUT2D eigenvalue weighted by Gasteiger charge is -2.34. The van der Waals surface area contributed by atoms with Crippen LogP contribution in [-0.4, -0.2) is 53.5 Å². The van der Waals surface area contributed by atoms with Crippen molar-refractivity contribution in [3.63, 3.8) is 0 Å². The summed E-state index contributed by atoms with van der Waals surface area (Å²) in [6.07, 6.45) is 3.85. The van der Waals surface area contributed by atoms with E-state index in [1.54, 1.807) is 11.6 Å². The fraction of sp³-hybridized carbons (Fsp3) is 0.350. The number of carbonyl (C=O) groups excluding carboxylic acids is 1. The molecule has 1 amide bonds. The van der Waals surface area contributed by atoms with Gasteiger partial charge in [0.25, 0.3) is 5.91 Å². The fourth-order valence-electron chi connectivity index (χ4n) is 3.61. The van der Waals surface area contributed by atoms with Gasteiger partial charge in [-0.15, -0.1) is 11.3 Å². The van der Waals surface area contributed by atoms with Gasteiger partial charge in [-0.25, -0.2) is 4.98 Å². The molecule has 0 radical (unpaired) electrons. The maximum Gasteiger partial charge on any atom is 0.268 e. The topological polar surface area (TPSA) is 102 Å². The standard InChI is InChI=1S/C20H22N6OS/c21-11-15-12-23-17-4-3-14(10-16(15)17)2-1-5-25-6-8-26(9-7-25)20-24-18(13-28-20)19(22)27/h3-4,10,12-13,23H,1-2,5-9H2,(H2,22,27). The van der Waals surface area contributed by atoms with Gasteiger partial charge in [-0.3, -0.25) is 9.69 Å². The highest BCUT2D eigenvalue weighted by Crippen LogP contribution is 2.22. The van der Waals surface area contributed by atoms with Crippen LogP contribution in [-0.2, 0) is 6.42 Å². The number of nitrogens with one attached hydrogen (secondary N) is 1. The molecule has 1 aliphatic rings. The third kappa shape index (κ3) is 3.86. The number of thiazole rings is 1. The Morgan fingerprint density at radius 1 is 1.32 bits per heavy atom. The summed E-state index contributed by atoms with van der Waals surface area (Å²) in [4.78, 5) is 23.3. The summed E-state index contributed by atoms with van der Waals surface area (Å²) in [5, 5.41) is 12.8. The van der Waals surface area contributed by atoms with Crippen LogP contribution in [0.15, 0.2) is 29.8 Å². The molecule has 7 nitrogen and oxygen atoms in total. The third-order valence-corrected chi connectivity index (χ3v) is 6.10. The van der Waals surface area contributed by atoms with Gasteiger partial charge >= 0.3 is 0 Å². The lowest BCUT2D eigenvalue weighted by molar-refractivity contribution is 0.0996. The fourth-order valence-corrected chi connectivity index (χ4v) is 4.48. The molecule has 0 aliphatic carbocycles. The molecule has 0 bridgehead atoms. The molecule has 28 heavy (non-hydrogen) atoms. The van der Waals surface area contributed by atoms with Gasteiger partial charge in [-0.05, 0) is 37.1 Å². The van der Waals surface area contributed by atoms with Crippen LogP contribution < -0.4 is 10.6 Å². The number of aromatic amines is 1. The molecule has 144 valence electrons. The van der Waals surface area contributed by atoms with Gasteiger partial charge in [-0.1, -0.05) is 6.07 Å². The van der Waals surface area contributed by atoms with Crippen LogP contribution >= 0.6 is 11.3 Å². The zero-order valence-corrected chi connectivity index (χ0v) is 16.3. The number of nitrogens with zero attached hydrogens (tertiary/aromatic N) is 4. The first-order valence-electron chi connectivity index (χ1n) is 9.37. The Bertz CT molecular complexity index is 1020. The molecule has 1 aromatic carbocycles. The molecule has 1 aliphatic heterocycles. The van der Waals surface area contributed by atoms with Crippen LogP contribution in [0.4, 0.5) is 5.13 Å². The van der Waals surface area contributed by atoms with Crippen LogP contribution in [0.1, 0.15) is 28.0 Å². The average Bonchev–Trinajstić information content (AvgIpc) is 3.35. The molecule has 0 spiro atoms. The van der Waals surface area contributed by atoms with E-state index in [0.717, 1.165) is 61.6 Å². The van der Waals surface area contributed by atoms with E-state index in [4.69, 9.17) is 5.73 Å². The van der Waals surface area contributed by atoms with E-state index in [2.05, 4.69) is 44.0 Å². The van der Waals surface area contributed by atoms with Gasteiger partial charge in [0.05, 0.1) is 5.56 Å². The quantitative estimate of drug-likeness (QED) is 0.668. The predicted octanol–water partition coefficient (Wildman–Crippen LogP) is 2.35. The Morgan fingerprint density at radius 2 is 2.14 bits per heavy atom. The number of primary amides is 1. The number of hydrogen-bond acceptors (Lipinski definition) is 6. The maximum absolute atomic E-state index is 11.2. The second-order valence-corrected chi connectivity index (χ2v) is 7.84. The molecule has 2 aromatic heterocycles. The van der Waals surface area contributed by atoms with E-state index in [9.17, 15) is 10.1 Å². The summed E-state index contributed by atoms with van der Waals surface area (Å²) < 4.78 is 0. The zero-order valence-electron chi connectivity index (χ0n) is 15.5. The van der Waals surface area contributed by atoms with Crippen molar-refractivity contribution in [1.82, 2.24) is 14.9 Å². The number of fused-ring (bicyclic) bond motifs is 1. The van der Waals surface area contributed by atoms with Crippen molar-refractivity contribution in [3.8, 4) is 6.07 Å². The van der Waals surface area contributed by atoms with Crippen molar-refractivity contribution in [3.05, 3.63) is 46.6 Å². The molecule has 3 aromatic rings. The Morgan fingerprint density at radius 3 is 2.86 bits per heavy atom. The lowest BCUT2D eigenvalue weighted by Crippen LogP contribution is -2.46. The Kier molecular flexibility index (Phi) is 5.28. The minimum absolute atomic E-state index is 0.348. The van der Waals surface area contributed by atoms with Crippen LogP contribution in [0.5, 0.6) is 0 Å². The number of rotatable bonds is 6. The van der Waals surface area contributed by atoms with E-state index in [1.807, 2.05) is 0 Å². The van der Waals surface area contributed by atoms with Crippen molar-refractivity contribution in [2.45, 2.75) is 12.8 Å². The van der Waals surface area contributed by atoms with Gasteiger partial charge in [-0.2, -0.15) is 5.26 Å². The minimum atomic E-state index is -0.471. The van der Waals surface area contributed by atoms with Crippen molar-refractivity contribution in [1.29, 1.82) is 5.26 Å². The van der Waals surface area contributed by atoms with Crippen LogP contribution in [0.2, 0.25) is 0 Å². The molecule has 0 unspecified atom stereocenters. The number of aromatic nitrogens is 2. The number of carbonyl (C=O) groups is 1. The van der Waals surface area contributed by atoms with Gasteiger partial charge in [0, 0.05) is 48.7 Å². The van der Waals surface area contributed by atoms with E-state index in [0.29, 0.717) is 11.3 Å². The smallest absolute Gasteiger partial charge is 0.268 e. The summed E-state index contributed by atoms with van der Waals surface area (Å²) in [6.45, 7) is 4.84. The van der Waals surface area contributed by atoms with E-state index in [-0.39, 0.29) is 0 Å². The summed E-state index contributed by atoms with van der Waals surface area (Å²) in [5.74, 6) is -0.471. The second kappa shape index (κ2) is 8.00. The number of nitriles is 1. The number of hydrogen-bond donors (Lipinski definition) is 2. The van der Waals surface area contributed by atoms with Crippen molar-refractivity contribution in [2.75, 3.05) is 37.6 Å². The maximum atomic E-state index is 11.2. The first-order chi connectivity index (χ1) is 13.6. The molecular weight excluding hydrogens is 372 g/mol. The van der Waals surface area contributed by atoms with E-state index < -0.39 is 5.91 Å². The SMILES string of the molecule is N#Cc1c[nH]c2ccc(CCCN3CCN(c4nc(C(N)=O)cs4)CC3)cc12. The number of piperazine rings is 1. The van der Waals surface area contributed by atoms with Crippen LogP contribution in [0.25, 0.3) is 10.9 Å². The molecule has 3 heterocycles. The summed E-state index contributed by atoms with van der Waals surface area (Å²) in [5.41, 5.74) is 8.61. The number of benzene rings is 1. The average molecular weight is 395 g/mol. The highest BCUT2D eigenvalue weighted by molar-refractivity contribution is 7.13. The number of anilines is 1. The van der Waals surface area contributed by atoms with Gasteiger partial charge < -0.3 is 15.6 Å². The molecule has 0 atom stereocenters. The molecule has 4 rings (SSSR count). The third-order valence-electron chi connectivity index (χ3n) is 5.19. The molecule has 8 heteroatoms. The van der Waals surface area contributed by atoms with E-state index in [1.165, 1.54) is 16.9 Å². The minimum Gasteiger partial charge on any atom is -0.364 e. The summed E-state index contributed by atoms with van der Waals surface area (Å²) >= 11 is 1.48. The molecule has 1 fully saturated rings. The molecule has 0 saturated carbocycles. The van der Waals surface area contributed by atoms with Crippen molar-refractivity contribution in [2.24, 2.45) is 5.73 Å². The second-order valence-electron chi connectivity index (χ2n) is 7.01. The number of nitrogens with two attached hydrogens (primary N) is 1. The predicted molar refractivity (Wildman–Crippen MR) is 111 cm³/mol. The largest absolute Gasteiger partial charge is 0.364 e. The Hall–Kier alpha value is -2.89. The molecule has 1 saturated heterocycles. The summed E-state index contributed by atoms with van der Waals surface area (Å²) in [6, 6.07) is 8.55. The monoisotopic (exact) mass is 394 g/mol. The van der Waals surface area contributed by atoms with Crippen LogP contribution in [0.3, 0.4) is 0 Å². The first-order valence-corrected chi connectivity index (χ1v) is 10.2. The lowest BCUT2D eigenvalue weighted by atomic mass is 10.1. The first kappa shape index (κ1) is 18.5.